The molecule has 2 N–H and O–H groups in total. The highest BCUT2D eigenvalue weighted by Gasteiger charge is 2.25. The van der Waals surface area contributed by atoms with Gasteiger partial charge in [-0.05, 0) is 30.2 Å². The van der Waals surface area contributed by atoms with Crippen LogP contribution in [0.1, 0.15) is 21.6 Å². The van der Waals surface area contributed by atoms with Crippen LogP contribution in [0.4, 0.5) is 10.8 Å². The van der Waals surface area contributed by atoms with Crippen LogP contribution in [0.25, 0.3) is 6.08 Å². The molecule has 2 aromatic carbocycles. The lowest BCUT2D eigenvalue weighted by Gasteiger charge is -2.31. The summed E-state index contributed by atoms with van der Waals surface area (Å²) in [5, 5.41) is 5.92. The van der Waals surface area contributed by atoms with Crippen molar-refractivity contribution in [2.75, 3.05) is 38.0 Å². The van der Waals surface area contributed by atoms with Crippen molar-refractivity contribution in [2.24, 2.45) is 0 Å². The normalized spacial score (nSPS) is 14.9. The van der Waals surface area contributed by atoms with Gasteiger partial charge in [-0.15, -0.1) is 11.3 Å². The molecule has 1 saturated heterocycles. The minimum Gasteiger partial charge on any atom is -0.331 e. The Morgan fingerprint density at radius 1 is 1.13 bits per heavy atom. The Morgan fingerprint density at radius 2 is 1.87 bits per heavy atom. The molecule has 30 heavy (non-hydrogen) atoms. The number of rotatable bonds is 6. The molecule has 0 aliphatic carbocycles. The van der Waals surface area contributed by atoms with Crippen molar-refractivity contribution < 1.29 is 9.69 Å². The summed E-state index contributed by atoms with van der Waals surface area (Å²) in [6.45, 7) is 6.50. The number of hydrogen-bond acceptors (Lipinski definition) is 4. The Kier molecular flexibility index (Phi) is 6.57. The number of benzene rings is 2. The number of thiazole rings is 1. The molecule has 1 amide bonds. The largest absolute Gasteiger partial charge is 0.331 e. The van der Waals surface area contributed by atoms with Crippen LogP contribution in [0.5, 0.6) is 0 Å². The van der Waals surface area contributed by atoms with E-state index >= 15 is 0 Å². The number of nitrogens with one attached hydrogen (secondary N) is 2. The van der Waals surface area contributed by atoms with E-state index in [0.717, 1.165) is 49.1 Å². The number of amides is 1. The maximum absolute atomic E-state index is 12.9. The van der Waals surface area contributed by atoms with E-state index in [0.29, 0.717) is 5.69 Å². The second-order valence-electron chi connectivity index (χ2n) is 7.54. The van der Waals surface area contributed by atoms with E-state index in [1.165, 1.54) is 21.8 Å². The van der Waals surface area contributed by atoms with Gasteiger partial charge in [0.15, 0.2) is 5.13 Å². The molecule has 0 saturated carbocycles. The first-order valence-electron chi connectivity index (χ1n) is 10.3. The number of hydrogen-bond donors (Lipinski definition) is 2. The first-order chi connectivity index (χ1) is 14.7. The van der Waals surface area contributed by atoms with Crippen molar-refractivity contribution in [3.05, 3.63) is 82.9 Å². The smallest absolute Gasteiger partial charge is 0.273 e. The van der Waals surface area contributed by atoms with Crippen LogP contribution in [-0.2, 0) is 0 Å². The number of aromatic nitrogens is 1. The van der Waals surface area contributed by atoms with Gasteiger partial charge in [-0.1, -0.05) is 54.6 Å². The molecule has 1 fully saturated rings. The van der Waals surface area contributed by atoms with Gasteiger partial charge in [0.25, 0.3) is 5.91 Å². The summed E-state index contributed by atoms with van der Waals surface area (Å²) in [5.74, 6) is 0.0305. The van der Waals surface area contributed by atoms with Crippen LogP contribution in [0, 0.1) is 6.92 Å². The predicted molar refractivity (Wildman–Crippen MR) is 124 cm³/mol. The van der Waals surface area contributed by atoms with Crippen LogP contribution < -0.4 is 10.2 Å². The van der Waals surface area contributed by atoms with Gasteiger partial charge >= 0.3 is 0 Å². The number of piperazine rings is 1. The molecule has 0 atom stereocenters. The summed E-state index contributed by atoms with van der Waals surface area (Å²) in [4.78, 5) is 20.8. The molecular formula is C24H27N4OS+. The Bertz CT molecular complexity index is 1010. The van der Waals surface area contributed by atoms with Gasteiger partial charge in [0.05, 0.1) is 32.7 Å². The first kappa shape index (κ1) is 20.3. The van der Waals surface area contributed by atoms with Crippen LogP contribution in [0.15, 0.2) is 66.1 Å². The lowest BCUT2D eigenvalue weighted by Crippen LogP contribution is -3.14. The quantitative estimate of drug-likeness (QED) is 0.645. The molecule has 6 heteroatoms. The van der Waals surface area contributed by atoms with Crippen LogP contribution in [-0.4, -0.2) is 48.5 Å². The zero-order chi connectivity index (χ0) is 20.8. The van der Waals surface area contributed by atoms with Crippen LogP contribution >= 0.6 is 11.3 Å². The maximum Gasteiger partial charge on any atom is 0.273 e. The van der Waals surface area contributed by atoms with E-state index in [2.05, 4.69) is 59.7 Å². The highest BCUT2D eigenvalue weighted by Crippen LogP contribution is 2.23. The number of carbonyl (C=O) groups is 1. The van der Waals surface area contributed by atoms with Crippen molar-refractivity contribution in [3.8, 4) is 0 Å². The van der Waals surface area contributed by atoms with Gasteiger partial charge in [0, 0.05) is 11.1 Å². The third-order valence-electron chi connectivity index (χ3n) is 5.38. The van der Waals surface area contributed by atoms with Crippen molar-refractivity contribution in [3.63, 3.8) is 0 Å². The topological polar surface area (TPSA) is 49.7 Å². The van der Waals surface area contributed by atoms with Gasteiger partial charge < -0.3 is 15.1 Å². The van der Waals surface area contributed by atoms with Crippen molar-refractivity contribution >= 4 is 34.1 Å². The molecule has 0 bridgehead atoms. The number of carbonyl (C=O) groups excluding carboxylic acids is 1. The fourth-order valence-electron chi connectivity index (χ4n) is 3.58. The van der Waals surface area contributed by atoms with Crippen molar-refractivity contribution in [1.29, 1.82) is 0 Å². The zero-order valence-electron chi connectivity index (χ0n) is 17.2. The number of anilines is 2. The first-order valence-corrected chi connectivity index (χ1v) is 11.2. The van der Waals surface area contributed by atoms with E-state index in [1.807, 2.05) is 34.5 Å². The molecule has 5 nitrogen and oxygen atoms in total. The van der Waals surface area contributed by atoms with Crippen molar-refractivity contribution in [1.82, 2.24) is 9.88 Å². The van der Waals surface area contributed by atoms with Gasteiger partial charge in [-0.3, -0.25) is 4.79 Å². The third-order valence-corrected chi connectivity index (χ3v) is 6.14. The fourth-order valence-corrected chi connectivity index (χ4v) is 4.27. The third kappa shape index (κ3) is 5.14. The summed E-state index contributed by atoms with van der Waals surface area (Å²) < 4.78 is 0. The number of quaternary nitrogens is 1. The van der Waals surface area contributed by atoms with E-state index in [9.17, 15) is 4.79 Å². The highest BCUT2D eigenvalue weighted by molar-refractivity contribution is 7.14. The summed E-state index contributed by atoms with van der Waals surface area (Å²) >= 11 is 1.47. The summed E-state index contributed by atoms with van der Waals surface area (Å²) in [7, 11) is 0. The Morgan fingerprint density at radius 3 is 2.63 bits per heavy atom. The van der Waals surface area contributed by atoms with E-state index in [1.54, 1.807) is 0 Å². The van der Waals surface area contributed by atoms with Gasteiger partial charge in [0.2, 0.25) is 0 Å². The van der Waals surface area contributed by atoms with Gasteiger partial charge in [-0.25, -0.2) is 4.98 Å². The Hall–Kier alpha value is -2.96. The second kappa shape index (κ2) is 9.69. The van der Waals surface area contributed by atoms with Gasteiger partial charge in [0.1, 0.15) is 5.69 Å². The minimum atomic E-state index is 0.0305. The van der Waals surface area contributed by atoms with Crippen LogP contribution in [0.3, 0.4) is 0 Å². The summed E-state index contributed by atoms with van der Waals surface area (Å²) in [6.07, 6.45) is 4.40. The predicted octanol–water partition coefficient (Wildman–Crippen LogP) is 3.25. The maximum atomic E-state index is 12.9. The average Bonchev–Trinajstić information content (AvgIpc) is 3.25. The Balaban J connectivity index is 1.28. The zero-order valence-corrected chi connectivity index (χ0v) is 18.0. The SMILES string of the molecule is Cc1ccccc1Nc1nc(C(=O)N2CC[NH+](C/C=C/c3ccccc3)CC2)cs1. The molecule has 0 radical (unpaired) electrons. The molecule has 0 spiro atoms. The molecule has 0 unspecified atom stereocenters. The molecule has 3 aromatic rings. The van der Waals surface area contributed by atoms with E-state index < -0.39 is 0 Å². The van der Waals surface area contributed by atoms with E-state index in [4.69, 9.17) is 0 Å². The summed E-state index contributed by atoms with van der Waals surface area (Å²) in [5.41, 5.74) is 3.93. The standard InChI is InChI=1S/C24H26N4OS/c1-19-8-5-6-12-21(19)25-24-26-22(18-30-24)23(29)28-16-14-27(15-17-28)13-7-11-20-9-3-2-4-10-20/h2-12,18H,13-17H2,1H3,(H,25,26)/p+1/b11-7+. The molecule has 1 aliphatic rings. The molecule has 154 valence electrons. The molecular weight excluding hydrogens is 392 g/mol. The molecule has 2 heterocycles. The molecule has 1 aromatic heterocycles. The summed E-state index contributed by atoms with van der Waals surface area (Å²) in [6, 6.07) is 18.4. The monoisotopic (exact) mass is 419 g/mol. The second-order valence-corrected chi connectivity index (χ2v) is 8.40. The fraction of sp³-hybridized carbons (Fsp3) is 0.250. The highest BCUT2D eigenvalue weighted by atomic mass is 32.1. The lowest BCUT2D eigenvalue weighted by atomic mass is 10.2. The van der Waals surface area contributed by atoms with Gasteiger partial charge in [-0.2, -0.15) is 0 Å². The average molecular weight is 420 g/mol. The van der Waals surface area contributed by atoms with Crippen LogP contribution in [0.2, 0.25) is 0 Å². The molecule has 4 rings (SSSR count). The van der Waals surface area contributed by atoms with Crippen molar-refractivity contribution in [2.45, 2.75) is 6.92 Å². The Labute approximate surface area is 181 Å². The number of para-hydroxylation sites is 1. The molecule has 1 aliphatic heterocycles. The number of aryl methyl sites for hydroxylation is 1. The van der Waals surface area contributed by atoms with E-state index in [-0.39, 0.29) is 5.91 Å². The minimum absolute atomic E-state index is 0.0305. The number of nitrogens with zero attached hydrogens (tertiary/aromatic N) is 2. The lowest BCUT2D eigenvalue weighted by molar-refractivity contribution is -0.898.